The molecule has 0 unspecified atom stereocenters. The van der Waals surface area contributed by atoms with Crippen LogP contribution < -0.4 is 0 Å². The highest BCUT2D eigenvalue weighted by Gasteiger charge is 2.49. The summed E-state index contributed by atoms with van der Waals surface area (Å²) in [5.41, 5.74) is 0.569. The van der Waals surface area contributed by atoms with Gasteiger partial charge in [0.15, 0.2) is 18.5 Å². The zero-order valence-corrected chi connectivity index (χ0v) is 13.7. The lowest BCUT2D eigenvalue weighted by atomic mass is 10.1. The fourth-order valence-corrected chi connectivity index (χ4v) is 2.65. The Morgan fingerprint density at radius 3 is 1.77 bits per heavy atom. The smallest absolute Gasteiger partial charge is 0.338 e. The lowest BCUT2D eigenvalue weighted by molar-refractivity contribution is -0.135. The van der Waals surface area contributed by atoms with Crippen molar-refractivity contribution >= 4 is 11.9 Å². The number of carbonyl (C=O) groups is 2. The van der Waals surface area contributed by atoms with Crippen molar-refractivity contribution in [3.05, 3.63) is 71.8 Å². The van der Waals surface area contributed by atoms with Crippen LogP contribution in [0.25, 0.3) is 0 Å². The average molecular weight is 358 g/mol. The van der Waals surface area contributed by atoms with Crippen molar-refractivity contribution in [1.82, 2.24) is 0 Å². The molecule has 1 saturated heterocycles. The minimum atomic E-state index is -1.52. The maximum atomic E-state index is 12.3. The van der Waals surface area contributed by atoms with E-state index in [1.54, 1.807) is 60.7 Å². The fraction of sp³-hybridized carbons (Fsp3) is 0.263. The molecule has 0 amide bonds. The average Bonchev–Trinajstić information content (AvgIpc) is 2.98. The highest BCUT2D eigenvalue weighted by atomic mass is 16.7. The molecule has 1 aliphatic rings. The van der Waals surface area contributed by atoms with E-state index >= 15 is 0 Å². The van der Waals surface area contributed by atoms with Crippen molar-refractivity contribution in [1.29, 1.82) is 0 Å². The normalized spacial score (nSPS) is 24.8. The molecular weight excluding hydrogens is 340 g/mol. The lowest BCUT2D eigenvalue weighted by Gasteiger charge is -2.22. The van der Waals surface area contributed by atoms with Gasteiger partial charge in [-0.25, -0.2) is 9.59 Å². The summed E-state index contributed by atoms with van der Waals surface area (Å²) in [7, 11) is 0. The van der Waals surface area contributed by atoms with Crippen LogP contribution in [-0.4, -0.2) is 53.4 Å². The van der Waals surface area contributed by atoms with Gasteiger partial charge in [0.05, 0.1) is 17.7 Å². The Labute approximate surface area is 149 Å². The van der Waals surface area contributed by atoms with Crippen LogP contribution in [0.5, 0.6) is 0 Å². The number of hydrogen-bond donors (Lipinski definition) is 2. The molecule has 3 rings (SSSR count). The molecule has 2 aromatic carbocycles. The quantitative estimate of drug-likeness (QED) is 0.773. The van der Waals surface area contributed by atoms with E-state index in [1.807, 2.05) is 0 Å². The summed E-state index contributed by atoms with van der Waals surface area (Å²) in [6.07, 6.45) is -4.93. The first-order valence-corrected chi connectivity index (χ1v) is 8.06. The van der Waals surface area contributed by atoms with Crippen molar-refractivity contribution in [3.8, 4) is 0 Å². The second-order valence-electron chi connectivity index (χ2n) is 5.72. The van der Waals surface area contributed by atoms with E-state index in [-0.39, 0.29) is 5.56 Å². The number of benzene rings is 2. The van der Waals surface area contributed by atoms with E-state index in [9.17, 15) is 19.8 Å². The first-order chi connectivity index (χ1) is 12.6. The van der Waals surface area contributed by atoms with E-state index in [0.29, 0.717) is 5.56 Å². The van der Waals surface area contributed by atoms with Crippen molar-refractivity contribution in [2.75, 3.05) is 6.61 Å². The molecule has 2 aromatic rings. The Morgan fingerprint density at radius 2 is 1.31 bits per heavy atom. The maximum Gasteiger partial charge on any atom is 0.338 e. The summed E-state index contributed by atoms with van der Waals surface area (Å²) >= 11 is 0. The van der Waals surface area contributed by atoms with Gasteiger partial charge in [0, 0.05) is 0 Å². The molecule has 0 aliphatic carbocycles. The van der Waals surface area contributed by atoms with E-state index in [4.69, 9.17) is 14.2 Å². The van der Waals surface area contributed by atoms with Gasteiger partial charge < -0.3 is 24.4 Å². The summed E-state index contributed by atoms with van der Waals surface area (Å²) in [5, 5.41) is 19.5. The van der Waals surface area contributed by atoms with Crippen LogP contribution in [0.2, 0.25) is 0 Å². The summed E-state index contributed by atoms with van der Waals surface area (Å²) in [6.45, 7) is -0.511. The predicted octanol–water partition coefficient (Wildman–Crippen LogP) is 1.15. The van der Waals surface area contributed by atoms with Crippen LogP contribution in [0.4, 0.5) is 0 Å². The van der Waals surface area contributed by atoms with Crippen molar-refractivity contribution in [2.24, 2.45) is 0 Å². The zero-order chi connectivity index (χ0) is 18.5. The van der Waals surface area contributed by atoms with Crippen LogP contribution in [0.3, 0.4) is 0 Å². The minimum Gasteiger partial charge on any atom is -0.452 e. The second kappa shape index (κ2) is 8.09. The third kappa shape index (κ3) is 3.91. The van der Waals surface area contributed by atoms with Crippen molar-refractivity contribution in [2.45, 2.75) is 24.6 Å². The third-order valence-electron chi connectivity index (χ3n) is 3.97. The molecule has 0 aromatic heterocycles. The van der Waals surface area contributed by atoms with Gasteiger partial charge in [0.2, 0.25) is 0 Å². The molecule has 1 heterocycles. The molecule has 7 heteroatoms. The van der Waals surface area contributed by atoms with Gasteiger partial charge in [-0.2, -0.15) is 0 Å². The number of rotatable bonds is 5. The molecule has 4 atom stereocenters. The van der Waals surface area contributed by atoms with Gasteiger partial charge in [0.25, 0.3) is 0 Å². The molecular formula is C19H18O7. The minimum absolute atomic E-state index is 0.278. The Balaban J connectivity index is 1.76. The molecule has 0 saturated carbocycles. The molecule has 0 spiro atoms. The van der Waals surface area contributed by atoms with Gasteiger partial charge in [-0.15, -0.1) is 0 Å². The zero-order valence-electron chi connectivity index (χ0n) is 13.7. The molecule has 7 nitrogen and oxygen atoms in total. The van der Waals surface area contributed by atoms with Gasteiger partial charge >= 0.3 is 11.9 Å². The number of esters is 2. The Morgan fingerprint density at radius 1 is 0.846 bits per heavy atom. The van der Waals surface area contributed by atoms with Gasteiger partial charge in [0.1, 0.15) is 6.10 Å². The van der Waals surface area contributed by atoms with Crippen molar-refractivity contribution < 1.29 is 34.0 Å². The van der Waals surface area contributed by atoms with Gasteiger partial charge in [-0.3, -0.25) is 0 Å². The number of aliphatic hydroxyl groups excluding tert-OH is 2. The molecule has 1 aliphatic heterocycles. The van der Waals surface area contributed by atoms with Crippen LogP contribution in [-0.2, 0) is 14.2 Å². The summed E-state index contributed by atoms with van der Waals surface area (Å²) in [4.78, 5) is 24.5. The summed E-state index contributed by atoms with van der Waals surface area (Å²) < 4.78 is 15.8. The lowest BCUT2D eigenvalue weighted by Crippen LogP contribution is -2.41. The van der Waals surface area contributed by atoms with Crippen LogP contribution in [0.1, 0.15) is 20.7 Å². The van der Waals surface area contributed by atoms with Crippen LogP contribution in [0.15, 0.2) is 60.7 Å². The highest BCUT2D eigenvalue weighted by molar-refractivity contribution is 5.90. The first kappa shape index (κ1) is 18.1. The monoisotopic (exact) mass is 358 g/mol. The van der Waals surface area contributed by atoms with E-state index < -0.39 is 43.1 Å². The molecule has 0 radical (unpaired) electrons. The molecule has 0 bridgehead atoms. The second-order valence-corrected chi connectivity index (χ2v) is 5.72. The summed E-state index contributed by atoms with van der Waals surface area (Å²) in [5.74, 6) is -1.37. The molecule has 1 fully saturated rings. The largest absolute Gasteiger partial charge is 0.452 e. The number of carbonyl (C=O) groups excluding carboxylic acids is 2. The van der Waals surface area contributed by atoms with E-state index in [0.717, 1.165) is 0 Å². The Bertz CT molecular complexity index is 747. The number of hydrogen-bond acceptors (Lipinski definition) is 7. The predicted molar refractivity (Wildman–Crippen MR) is 89.3 cm³/mol. The van der Waals surface area contributed by atoms with Crippen LogP contribution >= 0.6 is 0 Å². The summed E-state index contributed by atoms with van der Waals surface area (Å²) in [6, 6.07) is 16.4. The third-order valence-corrected chi connectivity index (χ3v) is 3.97. The van der Waals surface area contributed by atoms with Gasteiger partial charge in [-0.05, 0) is 24.3 Å². The van der Waals surface area contributed by atoms with Crippen LogP contribution in [0, 0.1) is 0 Å². The van der Waals surface area contributed by atoms with E-state index in [1.165, 1.54) is 0 Å². The fourth-order valence-electron chi connectivity index (χ4n) is 2.65. The Hall–Kier alpha value is -2.74. The molecule has 136 valence electrons. The number of aliphatic hydroxyl groups is 2. The SMILES string of the molecule is O=C(O[C@@H]1[C@H](OC(=O)c2ccccc2)[C@@H](CO)O[C@@H]1O)c1ccccc1. The molecule has 2 N–H and O–H groups in total. The topological polar surface area (TPSA) is 102 Å². The highest BCUT2D eigenvalue weighted by Crippen LogP contribution is 2.27. The molecule has 26 heavy (non-hydrogen) atoms. The first-order valence-electron chi connectivity index (χ1n) is 8.06. The van der Waals surface area contributed by atoms with E-state index in [2.05, 4.69) is 0 Å². The van der Waals surface area contributed by atoms with Crippen molar-refractivity contribution in [3.63, 3.8) is 0 Å². The number of ether oxygens (including phenoxy) is 3. The standard InChI is InChI=1S/C19H18O7/c20-11-14-15(25-17(21)12-7-3-1-4-8-12)16(19(23)24-14)26-18(22)13-9-5-2-6-10-13/h1-10,14-16,19-20,23H,11H2/t14-,15-,16-,19+/m1/s1. The van der Waals surface area contributed by atoms with Gasteiger partial charge in [-0.1, -0.05) is 36.4 Å². The Kier molecular flexibility index (Phi) is 5.62. The maximum absolute atomic E-state index is 12.3.